The van der Waals surface area contributed by atoms with Crippen LogP contribution in [0.5, 0.6) is 0 Å². The van der Waals surface area contributed by atoms with Gasteiger partial charge in [0.2, 0.25) is 0 Å². The lowest BCUT2D eigenvalue weighted by Crippen LogP contribution is -2.51. The fraction of sp³-hybridized carbons (Fsp3) is 0.406. The molecule has 0 bridgehead atoms. The molecule has 1 saturated heterocycles. The van der Waals surface area contributed by atoms with Gasteiger partial charge in [-0.15, -0.1) is 0 Å². The molecule has 7 rings (SSSR count). The van der Waals surface area contributed by atoms with E-state index in [-0.39, 0.29) is 18.5 Å². The highest BCUT2D eigenvalue weighted by atomic mass is 19.1. The Kier molecular flexibility index (Phi) is 7.35. The smallest absolute Gasteiger partial charge is 0.164 e. The summed E-state index contributed by atoms with van der Waals surface area (Å²) in [5.41, 5.74) is 11.5. The number of nitrogens with two attached hydrogens (primary N) is 1. The van der Waals surface area contributed by atoms with Crippen molar-refractivity contribution in [1.82, 2.24) is 34.5 Å². The number of nitrogens with zero attached hydrogens (tertiary/aromatic N) is 6. The van der Waals surface area contributed by atoms with E-state index < -0.39 is 0 Å². The lowest BCUT2D eigenvalue weighted by molar-refractivity contribution is 0.0629. The van der Waals surface area contributed by atoms with E-state index in [0.717, 1.165) is 97.3 Å². The molecular weight excluding hydrogens is 531 g/mol. The van der Waals surface area contributed by atoms with E-state index >= 15 is 0 Å². The molecule has 4 heterocycles. The van der Waals surface area contributed by atoms with Crippen LogP contribution >= 0.6 is 0 Å². The second-order valence-electron chi connectivity index (χ2n) is 11.7. The second kappa shape index (κ2) is 11.4. The van der Waals surface area contributed by atoms with Gasteiger partial charge in [-0.05, 0) is 54.8 Å². The highest BCUT2D eigenvalue weighted by Gasteiger charge is 2.31. The Hall–Kier alpha value is -3.86. The van der Waals surface area contributed by atoms with E-state index in [1.54, 1.807) is 6.07 Å². The number of aliphatic hydroxyl groups is 1. The molecular formula is C32H37FN8O. The van der Waals surface area contributed by atoms with Gasteiger partial charge >= 0.3 is 0 Å². The Morgan fingerprint density at radius 1 is 0.952 bits per heavy atom. The topological polar surface area (TPSA) is 112 Å². The first-order valence-electron chi connectivity index (χ1n) is 15.0. The number of β-amino-alcohol motifs (C(OH)–C–C–N with tert-alkyl or cyclic N) is 1. The predicted molar refractivity (Wildman–Crippen MR) is 163 cm³/mol. The molecule has 5 aromatic rings. The lowest BCUT2D eigenvalue weighted by atomic mass is 9.90. The normalized spacial score (nSPS) is 20.5. The highest BCUT2D eigenvalue weighted by Crippen LogP contribution is 2.37. The van der Waals surface area contributed by atoms with Gasteiger partial charge in [0.25, 0.3) is 0 Å². The molecule has 2 fully saturated rings. The number of fused-ring (bicyclic) bond motifs is 2. The van der Waals surface area contributed by atoms with Crippen molar-refractivity contribution in [1.29, 1.82) is 0 Å². The van der Waals surface area contributed by atoms with Crippen molar-refractivity contribution in [2.24, 2.45) is 0 Å². The van der Waals surface area contributed by atoms with Gasteiger partial charge in [-0.2, -0.15) is 5.10 Å². The van der Waals surface area contributed by atoms with Gasteiger partial charge in [-0.3, -0.25) is 9.80 Å². The summed E-state index contributed by atoms with van der Waals surface area (Å²) in [6, 6.07) is 16.0. The van der Waals surface area contributed by atoms with Crippen LogP contribution in [0.4, 0.5) is 10.2 Å². The fourth-order valence-electron chi connectivity index (χ4n) is 6.89. The number of aromatic amines is 1. The van der Waals surface area contributed by atoms with E-state index in [1.807, 2.05) is 12.1 Å². The molecule has 9 nitrogen and oxygen atoms in total. The number of piperazine rings is 1. The molecule has 0 spiro atoms. The standard InChI is InChI=1S/C32H37FN8O/c33-27-4-2-1-3-21(27)17-24-18-22-5-6-23(19-28(22)37-24)30-29-31(34)35-20-36-32(29)41(38-30)26-9-7-25(8-10-26)40-13-11-39(12-14-40)15-16-42/h1-6,18-20,25-26,37,42H,7-17H2,(H2,34,35,36). The number of anilines is 1. The molecule has 0 radical (unpaired) electrons. The van der Waals surface area contributed by atoms with Gasteiger partial charge in [0.1, 0.15) is 23.7 Å². The van der Waals surface area contributed by atoms with Gasteiger partial charge in [0.05, 0.1) is 18.0 Å². The van der Waals surface area contributed by atoms with Crippen molar-refractivity contribution in [2.75, 3.05) is 45.1 Å². The number of H-pyrrole nitrogens is 1. The van der Waals surface area contributed by atoms with E-state index in [9.17, 15) is 9.50 Å². The zero-order valence-electron chi connectivity index (χ0n) is 23.7. The van der Waals surface area contributed by atoms with Crippen molar-refractivity contribution in [3.63, 3.8) is 0 Å². The monoisotopic (exact) mass is 568 g/mol. The van der Waals surface area contributed by atoms with Crippen LogP contribution in [0, 0.1) is 5.82 Å². The average Bonchev–Trinajstić information content (AvgIpc) is 3.61. The summed E-state index contributed by atoms with van der Waals surface area (Å²) in [5, 5.41) is 16.2. The Bertz CT molecular complexity index is 1700. The third-order valence-corrected chi connectivity index (χ3v) is 9.16. The Labute approximate surface area is 244 Å². The molecule has 3 aromatic heterocycles. The van der Waals surface area contributed by atoms with Crippen molar-refractivity contribution < 1.29 is 9.50 Å². The van der Waals surface area contributed by atoms with Crippen LogP contribution in [-0.4, -0.2) is 85.0 Å². The summed E-state index contributed by atoms with van der Waals surface area (Å²) in [6.07, 6.45) is 6.35. The number of nitrogen functional groups attached to an aromatic ring is 1. The third kappa shape index (κ3) is 5.14. The van der Waals surface area contributed by atoms with Crippen molar-refractivity contribution in [3.05, 3.63) is 71.9 Å². The van der Waals surface area contributed by atoms with E-state index in [0.29, 0.717) is 23.8 Å². The molecule has 2 aliphatic rings. The van der Waals surface area contributed by atoms with Gasteiger partial charge in [-0.1, -0.05) is 30.3 Å². The number of benzene rings is 2. The molecule has 42 heavy (non-hydrogen) atoms. The van der Waals surface area contributed by atoms with Crippen LogP contribution in [0.25, 0.3) is 33.2 Å². The number of hydrogen-bond donors (Lipinski definition) is 3. The maximum absolute atomic E-state index is 14.3. The third-order valence-electron chi connectivity index (χ3n) is 9.16. The summed E-state index contributed by atoms with van der Waals surface area (Å²) in [7, 11) is 0. The quantitative estimate of drug-likeness (QED) is 0.267. The van der Waals surface area contributed by atoms with Crippen LogP contribution in [-0.2, 0) is 6.42 Å². The SMILES string of the molecule is Nc1ncnc2c1c(-c1ccc3cc(Cc4ccccc4F)[nH]c3c1)nn2C1CCC(N2CCN(CCO)CC2)CC1. The lowest BCUT2D eigenvalue weighted by Gasteiger charge is -2.41. The first-order valence-corrected chi connectivity index (χ1v) is 15.0. The summed E-state index contributed by atoms with van der Waals surface area (Å²) in [4.78, 5) is 17.4. The summed E-state index contributed by atoms with van der Waals surface area (Å²) in [5.74, 6) is 0.237. The van der Waals surface area contributed by atoms with Crippen LogP contribution in [0.15, 0.2) is 54.9 Å². The summed E-state index contributed by atoms with van der Waals surface area (Å²) >= 11 is 0. The van der Waals surface area contributed by atoms with E-state index in [4.69, 9.17) is 10.8 Å². The molecule has 0 atom stereocenters. The van der Waals surface area contributed by atoms with Gasteiger partial charge < -0.3 is 15.8 Å². The first kappa shape index (κ1) is 27.0. The average molecular weight is 569 g/mol. The molecule has 4 N–H and O–H groups in total. The number of aliphatic hydroxyl groups excluding tert-OH is 1. The highest BCUT2D eigenvalue weighted by molar-refractivity contribution is 6.00. The Morgan fingerprint density at radius 3 is 2.52 bits per heavy atom. The molecule has 1 aliphatic heterocycles. The minimum absolute atomic E-state index is 0.195. The number of halogens is 1. The molecule has 0 amide bonds. The van der Waals surface area contributed by atoms with Gasteiger partial charge in [0, 0.05) is 62.0 Å². The number of nitrogens with one attached hydrogen (secondary N) is 1. The minimum Gasteiger partial charge on any atom is -0.395 e. The second-order valence-corrected chi connectivity index (χ2v) is 11.7. The maximum atomic E-state index is 14.3. The summed E-state index contributed by atoms with van der Waals surface area (Å²) in [6.45, 7) is 5.19. The number of rotatable bonds is 7. The zero-order valence-corrected chi connectivity index (χ0v) is 23.7. The van der Waals surface area contributed by atoms with Crippen LogP contribution in [0.3, 0.4) is 0 Å². The zero-order chi connectivity index (χ0) is 28.6. The van der Waals surface area contributed by atoms with Gasteiger partial charge in [-0.25, -0.2) is 19.0 Å². The Balaban J connectivity index is 1.13. The molecule has 1 aliphatic carbocycles. The van der Waals surface area contributed by atoms with Crippen molar-refractivity contribution >= 4 is 27.8 Å². The van der Waals surface area contributed by atoms with Crippen molar-refractivity contribution in [2.45, 2.75) is 44.2 Å². The molecule has 1 saturated carbocycles. The van der Waals surface area contributed by atoms with Gasteiger partial charge in [0.15, 0.2) is 5.65 Å². The minimum atomic E-state index is -0.195. The van der Waals surface area contributed by atoms with Crippen LogP contribution in [0.2, 0.25) is 0 Å². The molecule has 0 unspecified atom stereocenters. The van der Waals surface area contributed by atoms with E-state index in [1.165, 1.54) is 12.4 Å². The predicted octanol–water partition coefficient (Wildman–Crippen LogP) is 4.38. The van der Waals surface area contributed by atoms with Crippen molar-refractivity contribution in [3.8, 4) is 11.3 Å². The number of aromatic nitrogens is 5. The largest absolute Gasteiger partial charge is 0.395 e. The first-order chi connectivity index (χ1) is 20.6. The molecule has 218 valence electrons. The van der Waals surface area contributed by atoms with E-state index in [2.05, 4.69) is 53.7 Å². The summed E-state index contributed by atoms with van der Waals surface area (Å²) < 4.78 is 16.3. The number of hydrogen-bond acceptors (Lipinski definition) is 7. The van der Waals surface area contributed by atoms with Crippen LogP contribution in [0.1, 0.15) is 43.0 Å². The molecule has 2 aromatic carbocycles. The maximum Gasteiger partial charge on any atom is 0.164 e. The fourth-order valence-corrected chi connectivity index (χ4v) is 6.89. The molecule has 10 heteroatoms. The Morgan fingerprint density at radius 2 is 1.74 bits per heavy atom. The van der Waals surface area contributed by atoms with Crippen LogP contribution < -0.4 is 5.73 Å².